The monoisotopic (exact) mass is 641 g/mol. The minimum absolute atomic E-state index is 0.0346. The lowest BCUT2D eigenvalue weighted by molar-refractivity contribution is -0.393. The van der Waals surface area contributed by atoms with Crippen molar-refractivity contribution in [2.75, 3.05) is 24.5 Å². The maximum Gasteiger partial charge on any atom is 0.337 e. The van der Waals surface area contributed by atoms with Crippen molar-refractivity contribution in [1.29, 1.82) is 0 Å². The summed E-state index contributed by atoms with van der Waals surface area (Å²) in [7, 11) is 1.27. The summed E-state index contributed by atoms with van der Waals surface area (Å²) >= 11 is 3.33. The van der Waals surface area contributed by atoms with E-state index in [1.165, 1.54) is 19.2 Å². The molecule has 0 atom stereocenters. The van der Waals surface area contributed by atoms with Crippen molar-refractivity contribution in [3.8, 4) is 0 Å². The minimum Gasteiger partial charge on any atom is -0.465 e. The minimum atomic E-state index is -0.780. The van der Waals surface area contributed by atoms with Gasteiger partial charge in [0.15, 0.2) is 0 Å². The van der Waals surface area contributed by atoms with Crippen molar-refractivity contribution in [2.45, 2.75) is 19.3 Å². The number of nitro groups is 2. The lowest BCUT2D eigenvalue weighted by Gasteiger charge is -2.10. The van der Waals surface area contributed by atoms with Gasteiger partial charge >= 0.3 is 17.6 Å². The number of carbonyl (C=O) groups excluding carboxylic acids is 3. The molecular formula is C27H24BrN5O9. The van der Waals surface area contributed by atoms with Gasteiger partial charge in [-0.25, -0.2) is 4.79 Å². The Labute approximate surface area is 247 Å². The summed E-state index contributed by atoms with van der Waals surface area (Å²) in [6, 6.07) is 16.0. The van der Waals surface area contributed by atoms with Crippen molar-refractivity contribution in [2.24, 2.45) is 5.10 Å². The molecule has 218 valence electrons. The van der Waals surface area contributed by atoms with Gasteiger partial charge in [-0.2, -0.15) is 5.10 Å². The molecule has 0 spiro atoms. The summed E-state index contributed by atoms with van der Waals surface area (Å²) in [5.41, 5.74) is 3.00. The second-order valence-corrected chi connectivity index (χ2v) is 9.44. The first-order valence-electron chi connectivity index (χ1n) is 12.2. The fraction of sp³-hybridized carbons (Fsp3) is 0.185. The highest BCUT2D eigenvalue weighted by molar-refractivity contribution is 9.10. The maximum atomic E-state index is 12.4. The van der Waals surface area contributed by atoms with E-state index in [-0.39, 0.29) is 43.2 Å². The molecule has 0 aliphatic carbocycles. The number of non-ortho nitro benzene ring substituents is 1. The van der Waals surface area contributed by atoms with Crippen LogP contribution in [-0.2, 0) is 19.1 Å². The molecule has 1 amide bonds. The first kappa shape index (κ1) is 31.3. The number of hydrogen-bond donors (Lipinski definition) is 2. The second kappa shape index (κ2) is 15.0. The standard InChI is InChI=1S/C27H24BrN5O9/c1-41-27(36)18-7-11-20(12-8-18)29-25(34)3-2-4-26(35)42-16-23(17-5-9-19(28)10-6-17)31-30-22-14-13-21(32(37)38)15-24(22)33(39)40/h5-15,30H,2-4,16H2,1H3,(H,29,34)/b31-23-. The van der Waals surface area contributed by atoms with Crippen LogP contribution in [0, 0.1) is 20.2 Å². The topological polar surface area (TPSA) is 192 Å². The lowest BCUT2D eigenvalue weighted by atomic mass is 10.1. The van der Waals surface area contributed by atoms with Crippen molar-refractivity contribution < 1.29 is 33.7 Å². The smallest absolute Gasteiger partial charge is 0.337 e. The average Bonchev–Trinajstić information content (AvgIpc) is 2.97. The molecule has 14 nitrogen and oxygen atoms in total. The van der Waals surface area contributed by atoms with E-state index in [4.69, 9.17) is 4.74 Å². The van der Waals surface area contributed by atoms with Crippen LogP contribution in [0.1, 0.15) is 35.2 Å². The van der Waals surface area contributed by atoms with Gasteiger partial charge in [-0.1, -0.05) is 28.1 Å². The fourth-order valence-corrected chi connectivity index (χ4v) is 3.74. The molecular weight excluding hydrogens is 618 g/mol. The van der Waals surface area contributed by atoms with Crippen molar-refractivity contribution >= 4 is 62.2 Å². The zero-order valence-corrected chi connectivity index (χ0v) is 23.7. The molecule has 3 aromatic rings. The normalized spacial score (nSPS) is 10.9. The Bertz CT molecular complexity index is 1510. The van der Waals surface area contributed by atoms with Gasteiger partial charge in [0.1, 0.15) is 18.0 Å². The van der Waals surface area contributed by atoms with Crippen molar-refractivity contribution in [3.63, 3.8) is 0 Å². The molecule has 42 heavy (non-hydrogen) atoms. The third-order valence-electron chi connectivity index (χ3n) is 5.62. The van der Waals surface area contributed by atoms with Crippen LogP contribution in [0.4, 0.5) is 22.7 Å². The SMILES string of the molecule is COC(=O)c1ccc(NC(=O)CCCC(=O)OC/C(=N/Nc2ccc([N+](=O)[O-])cc2[N+](=O)[O-])c2ccc(Br)cc2)cc1. The number of carbonyl (C=O) groups is 3. The number of ether oxygens (including phenoxy) is 2. The number of halogens is 1. The van der Waals surface area contributed by atoms with E-state index in [1.807, 2.05) is 0 Å². The number of anilines is 2. The zero-order chi connectivity index (χ0) is 30.6. The van der Waals surface area contributed by atoms with Crippen LogP contribution in [0.25, 0.3) is 0 Å². The largest absolute Gasteiger partial charge is 0.465 e. The Morgan fingerprint density at radius 2 is 1.57 bits per heavy atom. The third kappa shape index (κ3) is 9.19. The molecule has 0 aliphatic rings. The van der Waals surface area contributed by atoms with Crippen molar-refractivity contribution in [1.82, 2.24) is 0 Å². The molecule has 0 unspecified atom stereocenters. The molecule has 3 rings (SSSR count). The predicted molar refractivity (Wildman–Crippen MR) is 155 cm³/mol. The molecule has 0 heterocycles. The zero-order valence-electron chi connectivity index (χ0n) is 22.1. The number of nitrogens with zero attached hydrogens (tertiary/aromatic N) is 3. The second-order valence-electron chi connectivity index (χ2n) is 8.52. The quantitative estimate of drug-likeness (QED) is 0.108. The number of rotatable bonds is 13. The molecule has 0 saturated heterocycles. The summed E-state index contributed by atoms with van der Waals surface area (Å²) < 4.78 is 10.7. The van der Waals surface area contributed by atoms with Gasteiger partial charge in [-0.3, -0.25) is 35.2 Å². The summed E-state index contributed by atoms with van der Waals surface area (Å²) in [4.78, 5) is 57.0. The lowest BCUT2D eigenvalue weighted by Crippen LogP contribution is -2.17. The van der Waals surface area contributed by atoms with Crippen LogP contribution >= 0.6 is 15.9 Å². The molecule has 0 aliphatic heterocycles. The van der Waals surface area contributed by atoms with Crippen molar-refractivity contribution in [3.05, 3.63) is 103 Å². The van der Waals surface area contributed by atoms with E-state index in [0.717, 1.165) is 22.7 Å². The number of esters is 2. The highest BCUT2D eigenvalue weighted by atomic mass is 79.9. The first-order valence-corrected chi connectivity index (χ1v) is 13.0. The van der Waals surface area contributed by atoms with E-state index in [9.17, 15) is 34.6 Å². The molecule has 0 bridgehead atoms. The molecule has 0 radical (unpaired) electrons. The van der Waals surface area contributed by atoms with Crippen LogP contribution in [0.15, 0.2) is 76.3 Å². The van der Waals surface area contributed by atoms with Gasteiger partial charge in [-0.05, 0) is 48.9 Å². The average molecular weight is 642 g/mol. The van der Waals surface area contributed by atoms with E-state index < -0.39 is 33.2 Å². The summed E-state index contributed by atoms with van der Waals surface area (Å²) in [5.74, 6) is -1.43. The van der Waals surface area contributed by atoms with Crippen LogP contribution < -0.4 is 10.7 Å². The highest BCUT2D eigenvalue weighted by Crippen LogP contribution is 2.29. The van der Waals surface area contributed by atoms with Gasteiger partial charge in [0.05, 0.1) is 28.6 Å². The third-order valence-corrected chi connectivity index (χ3v) is 6.15. The van der Waals surface area contributed by atoms with Gasteiger partial charge < -0.3 is 14.8 Å². The molecule has 0 fully saturated rings. The first-order chi connectivity index (χ1) is 20.1. The molecule has 2 N–H and O–H groups in total. The molecule has 15 heteroatoms. The predicted octanol–water partition coefficient (Wildman–Crippen LogP) is 5.22. The number of nitrogens with one attached hydrogen (secondary N) is 2. The van der Waals surface area contributed by atoms with Crippen LogP contribution in [0.5, 0.6) is 0 Å². The van der Waals surface area contributed by atoms with Gasteiger partial charge in [-0.15, -0.1) is 0 Å². The number of methoxy groups -OCH3 is 1. The van der Waals surface area contributed by atoms with Crippen LogP contribution in [-0.4, -0.2) is 47.1 Å². The Balaban J connectivity index is 1.59. The van der Waals surface area contributed by atoms with E-state index in [1.54, 1.807) is 36.4 Å². The van der Waals surface area contributed by atoms with E-state index in [2.05, 4.69) is 36.5 Å². The molecule has 0 aromatic heterocycles. The van der Waals surface area contributed by atoms with Gasteiger partial charge in [0.25, 0.3) is 5.69 Å². The van der Waals surface area contributed by atoms with Crippen LogP contribution in [0.2, 0.25) is 0 Å². The number of amides is 1. The number of benzene rings is 3. The number of hydrazone groups is 1. The highest BCUT2D eigenvalue weighted by Gasteiger charge is 2.20. The number of nitro benzene ring substituents is 2. The fourth-order valence-electron chi connectivity index (χ4n) is 3.47. The molecule has 3 aromatic carbocycles. The summed E-state index contributed by atoms with van der Waals surface area (Å²) in [5, 5.41) is 29.3. The number of hydrogen-bond acceptors (Lipinski definition) is 11. The Morgan fingerprint density at radius 1 is 0.905 bits per heavy atom. The van der Waals surface area contributed by atoms with Crippen LogP contribution in [0.3, 0.4) is 0 Å². The van der Waals surface area contributed by atoms with E-state index in [0.29, 0.717) is 16.8 Å². The van der Waals surface area contributed by atoms with E-state index >= 15 is 0 Å². The Kier molecular flexibility index (Phi) is 11.2. The molecule has 0 saturated carbocycles. The summed E-state index contributed by atoms with van der Waals surface area (Å²) in [6.45, 7) is -0.299. The Morgan fingerprint density at radius 3 is 2.19 bits per heavy atom. The maximum absolute atomic E-state index is 12.4. The van der Waals surface area contributed by atoms with Gasteiger partial charge in [0.2, 0.25) is 5.91 Å². The van der Waals surface area contributed by atoms with Gasteiger partial charge in [0, 0.05) is 34.6 Å². The summed E-state index contributed by atoms with van der Waals surface area (Å²) in [6.07, 6.45) is 0.166. The Hall–Kier alpha value is -5.18.